The number of halogens is 1. The predicted octanol–water partition coefficient (Wildman–Crippen LogP) is 3.20. The zero-order valence-corrected chi connectivity index (χ0v) is 22.6. The molecule has 3 aromatic heterocycles. The number of H-pyrrole nitrogens is 1. The monoisotopic (exact) mass is 542 g/mol. The number of likely N-dealkylation sites (N-methyl/N-ethyl adjacent to an activating group) is 1. The van der Waals surface area contributed by atoms with Crippen molar-refractivity contribution in [3.8, 4) is 22.6 Å². The molecule has 0 aliphatic heterocycles. The maximum absolute atomic E-state index is 12.5. The second-order valence-corrected chi connectivity index (χ2v) is 10.8. The van der Waals surface area contributed by atoms with Crippen LogP contribution in [0.2, 0.25) is 4.34 Å². The van der Waals surface area contributed by atoms with Crippen LogP contribution < -0.4 is 15.6 Å². The second kappa shape index (κ2) is 11.3. The van der Waals surface area contributed by atoms with Crippen LogP contribution in [0.25, 0.3) is 16.8 Å². The fraction of sp³-hybridized carbons (Fsp3) is 0.280. The molecule has 0 radical (unpaired) electrons. The Balaban J connectivity index is 1.43. The molecule has 194 valence electrons. The zero-order chi connectivity index (χ0) is 26.6. The van der Waals surface area contributed by atoms with Gasteiger partial charge in [-0.05, 0) is 35.9 Å². The number of aromatic amines is 1. The molecule has 0 fully saturated rings. The second-order valence-electron chi connectivity index (χ2n) is 9.08. The molecular weight excluding hydrogens is 514 g/mol. The highest BCUT2D eigenvalue weighted by Gasteiger charge is 2.19. The molecule has 1 aromatic carbocycles. The number of nitrogens with zero attached hydrogens (tertiary/aromatic N) is 5. The van der Waals surface area contributed by atoms with Gasteiger partial charge in [-0.15, -0.1) is 16.4 Å². The van der Waals surface area contributed by atoms with E-state index in [2.05, 4.69) is 39.7 Å². The van der Waals surface area contributed by atoms with E-state index in [0.29, 0.717) is 44.0 Å². The van der Waals surface area contributed by atoms with Crippen LogP contribution >= 0.6 is 22.9 Å². The Morgan fingerprint density at radius 1 is 1.19 bits per heavy atom. The van der Waals surface area contributed by atoms with Crippen molar-refractivity contribution in [1.82, 2.24) is 30.3 Å². The first-order valence-corrected chi connectivity index (χ1v) is 12.7. The van der Waals surface area contributed by atoms with Crippen molar-refractivity contribution in [2.75, 3.05) is 41.3 Å². The smallest absolute Gasteiger partial charge is 0.290 e. The van der Waals surface area contributed by atoms with Gasteiger partial charge in [-0.1, -0.05) is 28.9 Å². The van der Waals surface area contributed by atoms with Gasteiger partial charge < -0.3 is 15.0 Å². The van der Waals surface area contributed by atoms with Crippen LogP contribution in [0, 0.1) is 0 Å². The number of pyridine rings is 1. The maximum atomic E-state index is 12.5. The molecule has 0 aliphatic carbocycles. The Hall–Kier alpha value is -3.51. The number of carbonyl (C=O) groups excluding carboxylic acids is 1. The Kier molecular flexibility index (Phi) is 8.08. The lowest BCUT2D eigenvalue weighted by molar-refractivity contribution is -0.997. The summed E-state index contributed by atoms with van der Waals surface area (Å²) in [5.41, 5.74) is 2.68. The van der Waals surface area contributed by atoms with E-state index < -0.39 is 0 Å². The van der Waals surface area contributed by atoms with Crippen molar-refractivity contribution in [2.45, 2.75) is 6.54 Å². The van der Waals surface area contributed by atoms with Crippen LogP contribution in [0.1, 0.15) is 15.4 Å². The normalized spacial score (nSPS) is 11.6. The number of hydrogen-bond acceptors (Lipinski definition) is 7. The van der Waals surface area contributed by atoms with Crippen molar-refractivity contribution < 1.29 is 14.1 Å². The highest BCUT2D eigenvalue weighted by Crippen LogP contribution is 2.27. The predicted molar refractivity (Wildman–Crippen MR) is 144 cm³/mol. The lowest BCUT2D eigenvalue weighted by Crippen LogP contribution is -2.52. The summed E-state index contributed by atoms with van der Waals surface area (Å²) < 4.78 is 8.77. The van der Waals surface area contributed by atoms with Gasteiger partial charge in [0, 0.05) is 25.9 Å². The number of rotatable bonds is 10. The third-order valence-electron chi connectivity index (χ3n) is 6.09. The van der Waals surface area contributed by atoms with Crippen LogP contribution in [-0.2, 0) is 6.54 Å². The molecule has 0 aliphatic rings. The zero-order valence-electron chi connectivity index (χ0n) is 21.1. The van der Waals surface area contributed by atoms with Crippen molar-refractivity contribution in [2.24, 2.45) is 0 Å². The standard InChI is InChI=1S/C25H28ClN7O3S/c1-31(2)33(3,4)13-14-36-23-20(11-12-27-25(23)35)17-5-7-19(8-6-17)32-16-18(29-30-32)15-28-24(34)21-9-10-22(26)37-21/h5-12,16H,13-15H2,1-4H3,(H-,27,28,34,35)/p+1. The molecule has 4 rings (SSSR count). The van der Waals surface area contributed by atoms with Crippen molar-refractivity contribution >= 4 is 28.8 Å². The topological polar surface area (TPSA) is 105 Å². The van der Waals surface area contributed by atoms with Gasteiger partial charge in [0.2, 0.25) is 0 Å². The summed E-state index contributed by atoms with van der Waals surface area (Å²) in [6.07, 6.45) is 3.36. The molecule has 0 saturated carbocycles. The van der Waals surface area contributed by atoms with Gasteiger partial charge in [0.25, 0.3) is 11.5 Å². The summed E-state index contributed by atoms with van der Waals surface area (Å²) in [6, 6.07) is 12.8. The molecule has 10 nitrogen and oxygen atoms in total. The molecule has 1 amide bonds. The molecule has 0 spiro atoms. The number of ether oxygens (including phenoxy) is 1. The van der Waals surface area contributed by atoms with Crippen molar-refractivity contribution in [1.29, 1.82) is 0 Å². The molecule has 0 unspecified atom stereocenters. The van der Waals surface area contributed by atoms with E-state index in [1.165, 1.54) is 11.3 Å². The van der Waals surface area contributed by atoms with Gasteiger partial charge in [-0.25, -0.2) is 9.27 Å². The van der Waals surface area contributed by atoms with Gasteiger partial charge in [0.15, 0.2) is 5.75 Å². The summed E-state index contributed by atoms with van der Waals surface area (Å²) >= 11 is 7.11. The molecule has 37 heavy (non-hydrogen) atoms. The summed E-state index contributed by atoms with van der Waals surface area (Å²) in [7, 11) is 8.14. The van der Waals surface area contributed by atoms with E-state index in [4.69, 9.17) is 16.3 Å². The fourth-order valence-corrected chi connectivity index (χ4v) is 4.36. The van der Waals surface area contributed by atoms with Crippen LogP contribution in [0.3, 0.4) is 0 Å². The van der Waals surface area contributed by atoms with E-state index in [0.717, 1.165) is 11.3 Å². The minimum Gasteiger partial charge on any atom is -0.481 e. The number of amides is 1. The minimum atomic E-state index is -0.274. The number of thiophene rings is 1. The van der Waals surface area contributed by atoms with E-state index in [9.17, 15) is 9.59 Å². The Morgan fingerprint density at radius 2 is 1.95 bits per heavy atom. The minimum absolute atomic E-state index is 0.212. The Morgan fingerprint density at radius 3 is 2.62 bits per heavy atom. The number of aromatic nitrogens is 4. The molecule has 0 saturated heterocycles. The van der Waals surface area contributed by atoms with Crippen molar-refractivity contribution in [3.05, 3.63) is 80.1 Å². The van der Waals surface area contributed by atoms with E-state index in [1.54, 1.807) is 29.2 Å². The van der Waals surface area contributed by atoms with E-state index in [1.807, 2.05) is 44.4 Å². The summed E-state index contributed by atoms with van der Waals surface area (Å²) in [4.78, 5) is 28.0. The lowest BCUT2D eigenvalue weighted by atomic mass is 10.1. The average molecular weight is 543 g/mol. The first-order chi connectivity index (χ1) is 17.6. The fourth-order valence-electron chi connectivity index (χ4n) is 3.40. The molecule has 12 heteroatoms. The van der Waals surface area contributed by atoms with Crippen LogP contribution in [0.5, 0.6) is 5.75 Å². The number of nitrogens with one attached hydrogen (secondary N) is 2. The van der Waals surface area contributed by atoms with Gasteiger partial charge >= 0.3 is 0 Å². The SMILES string of the molecule is CN(C)[N+](C)(C)CCOc1c(-c2ccc(-n3cc(CNC(=O)c4ccc(Cl)s4)nn3)cc2)cc[nH]c1=O. The molecule has 0 bridgehead atoms. The summed E-state index contributed by atoms with van der Waals surface area (Å²) in [5, 5.41) is 13.2. The Labute approximate surface area is 223 Å². The number of quaternary nitrogens is 1. The number of benzene rings is 1. The molecule has 3 heterocycles. The van der Waals surface area contributed by atoms with Crippen molar-refractivity contribution in [3.63, 3.8) is 0 Å². The van der Waals surface area contributed by atoms with Gasteiger partial charge in [-0.3, -0.25) is 9.59 Å². The first-order valence-electron chi connectivity index (χ1n) is 11.5. The number of hydrogen-bond donors (Lipinski definition) is 2. The maximum Gasteiger partial charge on any atom is 0.290 e. The van der Waals surface area contributed by atoms with Crippen LogP contribution in [-0.4, -0.2) is 76.8 Å². The van der Waals surface area contributed by atoms with Crippen LogP contribution in [0.4, 0.5) is 0 Å². The largest absolute Gasteiger partial charge is 0.481 e. The average Bonchev–Trinajstić information content (AvgIpc) is 3.53. The molecule has 2 N–H and O–H groups in total. The summed E-state index contributed by atoms with van der Waals surface area (Å²) in [5.74, 6) is 0.0794. The quantitative estimate of drug-likeness (QED) is 0.235. The molecule has 0 atom stereocenters. The third kappa shape index (κ3) is 6.44. The lowest BCUT2D eigenvalue weighted by Gasteiger charge is -2.34. The molecular formula is C25H29ClN7O3S+. The number of carbonyl (C=O) groups is 1. The van der Waals surface area contributed by atoms with Gasteiger partial charge in [-0.2, -0.15) is 5.01 Å². The first kappa shape index (κ1) is 26.6. The highest BCUT2D eigenvalue weighted by molar-refractivity contribution is 7.17. The third-order valence-corrected chi connectivity index (χ3v) is 7.32. The van der Waals surface area contributed by atoms with Gasteiger partial charge in [0.1, 0.15) is 18.8 Å². The molecule has 4 aromatic rings. The van der Waals surface area contributed by atoms with Crippen LogP contribution in [0.15, 0.2) is 59.7 Å². The summed E-state index contributed by atoms with van der Waals surface area (Å²) in [6.45, 7) is 1.33. The Bertz CT molecular complexity index is 1430. The van der Waals surface area contributed by atoms with Gasteiger partial charge in [0.05, 0.1) is 41.7 Å². The van der Waals surface area contributed by atoms with E-state index in [-0.39, 0.29) is 18.0 Å². The van der Waals surface area contributed by atoms with E-state index >= 15 is 0 Å². The highest BCUT2D eigenvalue weighted by atomic mass is 35.5.